The maximum absolute atomic E-state index is 9.63. The predicted octanol–water partition coefficient (Wildman–Crippen LogP) is -2.11. The third-order valence-corrected chi connectivity index (χ3v) is 1.91. The summed E-state index contributed by atoms with van der Waals surface area (Å²) < 4.78 is 53.8. The monoisotopic (exact) mass is 300 g/mol. The van der Waals surface area contributed by atoms with Gasteiger partial charge in [-0.05, 0) is 0 Å². The van der Waals surface area contributed by atoms with Crippen LogP contribution in [0, 0.1) is 0 Å². The summed E-state index contributed by atoms with van der Waals surface area (Å²) >= 11 is 0. The molecule has 0 saturated carbocycles. The summed E-state index contributed by atoms with van der Waals surface area (Å²) in [5.74, 6) is 0. The standard InChI is InChI=1S/Na.H4O7P2.H2O4S.H/c;1-8(2,3)7-9(4,5)6;1-5(2,3)4;/h;(H2,1,2,3)(H2,4,5,6);(H2,1,2,3,4);. The summed E-state index contributed by atoms with van der Waals surface area (Å²) in [5, 5.41) is 0. The molecule has 0 spiro atoms. The fourth-order valence-electron chi connectivity index (χ4n) is 0.139. The summed E-state index contributed by atoms with van der Waals surface area (Å²) in [6.07, 6.45) is 0. The molecule has 90 valence electrons. The van der Waals surface area contributed by atoms with E-state index in [-0.39, 0.29) is 29.6 Å². The van der Waals surface area contributed by atoms with Crippen molar-refractivity contribution < 1.29 is 50.5 Å². The van der Waals surface area contributed by atoms with Crippen LogP contribution in [0.15, 0.2) is 0 Å². The van der Waals surface area contributed by atoms with Gasteiger partial charge in [0, 0.05) is 0 Å². The maximum atomic E-state index is 9.63. The van der Waals surface area contributed by atoms with Crippen molar-refractivity contribution >= 4 is 55.6 Å². The number of rotatable bonds is 2. The van der Waals surface area contributed by atoms with Gasteiger partial charge >= 0.3 is 55.6 Å². The zero-order valence-corrected chi connectivity index (χ0v) is 8.63. The number of hydrogen-bond donors (Lipinski definition) is 6. The third-order valence-electron chi connectivity index (χ3n) is 0.213. The Labute approximate surface area is 106 Å². The van der Waals surface area contributed by atoms with Crippen LogP contribution in [0.3, 0.4) is 0 Å². The fraction of sp³-hybridized carbons (Fsp3) is 0. The molecule has 0 aliphatic carbocycles. The zero-order valence-electron chi connectivity index (χ0n) is 6.03. The van der Waals surface area contributed by atoms with Crippen LogP contribution in [0.2, 0.25) is 0 Å². The molecule has 0 atom stereocenters. The molecule has 0 aromatic heterocycles. The van der Waals surface area contributed by atoms with Crippen molar-refractivity contribution in [2.45, 2.75) is 0 Å². The van der Waals surface area contributed by atoms with E-state index in [2.05, 4.69) is 4.31 Å². The molecule has 0 aromatic rings. The molecule has 0 rings (SSSR count). The Balaban J connectivity index is -0.000000208. The van der Waals surface area contributed by atoms with Crippen LogP contribution in [0.1, 0.15) is 0 Å². The second kappa shape index (κ2) is 7.45. The molecule has 0 heterocycles. The van der Waals surface area contributed by atoms with E-state index >= 15 is 0 Å². The molecule has 15 heavy (non-hydrogen) atoms. The molecule has 0 bridgehead atoms. The molecule has 0 aliphatic heterocycles. The number of hydrogen-bond acceptors (Lipinski definition) is 5. The molecular formula is H7NaO11P2S. The van der Waals surface area contributed by atoms with Gasteiger partial charge in [-0.3, -0.25) is 9.11 Å². The first-order chi connectivity index (χ1) is 5.71. The van der Waals surface area contributed by atoms with Gasteiger partial charge in [-0.25, -0.2) is 9.13 Å². The van der Waals surface area contributed by atoms with Crippen molar-refractivity contribution in [2.75, 3.05) is 0 Å². The molecule has 6 N–H and O–H groups in total. The molecule has 11 nitrogen and oxygen atoms in total. The topological polar surface area (TPSA) is 199 Å². The molecule has 0 radical (unpaired) electrons. The van der Waals surface area contributed by atoms with Crippen molar-refractivity contribution in [1.82, 2.24) is 0 Å². The van der Waals surface area contributed by atoms with Crippen LogP contribution >= 0.6 is 15.6 Å². The van der Waals surface area contributed by atoms with Crippen LogP contribution in [0.4, 0.5) is 0 Å². The number of phosphoric acid groups is 2. The Hall–Kier alpha value is 1.13. The molecule has 0 amide bonds. The predicted molar refractivity (Wildman–Crippen MR) is 46.5 cm³/mol. The van der Waals surface area contributed by atoms with E-state index in [1.807, 2.05) is 0 Å². The first kappa shape index (κ1) is 21.4. The van der Waals surface area contributed by atoms with E-state index in [1.54, 1.807) is 0 Å². The Kier molecular flexibility index (Phi) is 10.6. The molecule has 0 fully saturated rings. The second-order valence-corrected chi connectivity index (χ2v) is 5.02. The van der Waals surface area contributed by atoms with Gasteiger partial charge in [-0.15, -0.1) is 0 Å². The van der Waals surface area contributed by atoms with Gasteiger partial charge < -0.3 is 19.6 Å². The van der Waals surface area contributed by atoms with Crippen molar-refractivity contribution in [3.63, 3.8) is 0 Å². The molecule has 0 unspecified atom stereocenters. The molecule has 0 aromatic carbocycles. The van der Waals surface area contributed by atoms with E-state index in [4.69, 9.17) is 37.1 Å². The van der Waals surface area contributed by atoms with E-state index in [0.717, 1.165) is 0 Å². The molecular weight excluding hydrogens is 293 g/mol. The summed E-state index contributed by atoms with van der Waals surface area (Å²) in [6, 6.07) is 0. The Bertz CT molecular complexity index is 313. The van der Waals surface area contributed by atoms with Crippen molar-refractivity contribution in [3.8, 4) is 0 Å². The van der Waals surface area contributed by atoms with E-state index in [0.29, 0.717) is 0 Å². The van der Waals surface area contributed by atoms with E-state index in [9.17, 15) is 9.13 Å². The van der Waals surface area contributed by atoms with Gasteiger partial charge in [-0.1, -0.05) is 0 Å². The average Bonchev–Trinajstić information content (AvgIpc) is 1.42. The van der Waals surface area contributed by atoms with Gasteiger partial charge in [0.2, 0.25) is 0 Å². The summed E-state index contributed by atoms with van der Waals surface area (Å²) in [5.41, 5.74) is 0. The van der Waals surface area contributed by atoms with Gasteiger partial charge in [0.1, 0.15) is 0 Å². The average molecular weight is 300 g/mol. The first-order valence-electron chi connectivity index (χ1n) is 2.23. The Morgan fingerprint density at radius 1 is 0.867 bits per heavy atom. The van der Waals surface area contributed by atoms with Crippen molar-refractivity contribution in [3.05, 3.63) is 0 Å². The van der Waals surface area contributed by atoms with Gasteiger partial charge in [0.25, 0.3) is 0 Å². The second-order valence-electron chi connectivity index (χ2n) is 1.51. The summed E-state index contributed by atoms with van der Waals surface area (Å²) in [7, 11) is -14.8. The van der Waals surface area contributed by atoms with E-state index < -0.39 is 26.0 Å². The molecule has 15 heteroatoms. The first-order valence-corrected chi connectivity index (χ1v) is 6.69. The zero-order chi connectivity index (χ0) is 12.2. The van der Waals surface area contributed by atoms with Crippen LogP contribution in [0.25, 0.3) is 0 Å². The van der Waals surface area contributed by atoms with Crippen LogP contribution in [-0.2, 0) is 23.8 Å². The van der Waals surface area contributed by atoms with Crippen LogP contribution in [0.5, 0.6) is 0 Å². The van der Waals surface area contributed by atoms with Crippen LogP contribution in [-0.4, -0.2) is 66.7 Å². The van der Waals surface area contributed by atoms with Crippen molar-refractivity contribution in [1.29, 1.82) is 0 Å². The van der Waals surface area contributed by atoms with Gasteiger partial charge in [0.15, 0.2) is 0 Å². The minimum absolute atomic E-state index is 0. The molecule has 0 saturated heterocycles. The summed E-state index contributed by atoms with van der Waals surface area (Å²) in [6.45, 7) is 0. The minimum atomic E-state index is -5.05. The van der Waals surface area contributed by atoms with Crippen LogP contribution < -0.4 is 0 Å². The summed E-state index contributed by atoms with van der Waals surface area (Å²) in [4.78, 5) is 31.0. The third kappa shape index (κ3) is 51.3. The Morgan fingerprint density at radius 2 is 1.00 bits per heavy atom. The quantitative estimate of drug-likeness (QED) is 0.185. The molecule has 0 aliphatic rings. The van der Waals surface area contributed by atoms with Crippen molar-refractivity contribution in [2.24, 2.45) is 0 Å². The Morgan fingerprint density at radius 3 is 1.00 bits per heavy atom. The fourth-order valence-corrected chi connectivity index (χ4v) is 1.25. The normalized spacial score (nSPS) is 12.1. The SMILES string of the molecule is O=P(O)(O)OP(=O)(O)O.O=S(=O)(O)O.[NaH]. The van der Waals surface area contributed by atoms with Gasteiger partial charge in [0.05, 0.1) is 0 Å². The van der Waals surface area contributed by atoms with E-state index in [1.165, 1.54) is 0 Å². The van der Waals surface area contributed by atoms with Gasteiger partial charge in [-0.2, -0.15) is 12.7 Å².